The summed E-state index contributed by atoms with van der Waals surface area (Å²) in [4.78, 5) is 16.4. The van der Waals surface area contributed by atoms with Gasteiger partial charge in [0.15, 0.2) is 6.23 Å². The molecule has 7 heteroatoms. The Morgan fingerprint density at radius 2 is 2.21 bits per heavy atom. The highest BCUT2D eigenvalue weighted by Crippen LogP contribution is 2.18. The molecule has 1 unspecified atom stereocenters. The van der Waals surface area contributed by atoms with E-state index >= 15 is 0 Å². The molecule has 2 aromatic rings. The highest BCUT2D eigenvalue weighted by Gasteiger charge is 2.21. The molecule has 122 valence electrons. The molecule has 1 atom stereocenters. The lowest BCUT2D eigenvalue weighted by Crippen LogP contribution is -2.39. The van der Waals surface area contributed by atoms with Crippen molar-refractivity contribution in [2.45, 2.75) is 12.8 Å². The highest BCUT2D eigenvalue weighted by atomic mass is 35.5. The van der Waals surface area contributed by atoms with Gasteiger partial charge in [-0.05, 0) is 36.4 Å². The van der Waals surface area contributed by atoms with Gasteiger partial charge in [-0.3, -0.25) is 4.79 Å². The molecule has 0 spiro atoms. The van der Waals surface area contributed by atoms with Gasteiger partial charge in [0.05, 0.1) is 5.70 Å². The minimum Gasteiger partial charge on any atom is -0.380 e. The van der Waals surface area contributed by atoms with Crippen molar-refractivity contribution >= 4 is 22.5 Å². The Morgan fingerprint density at radius 1 is 1.42 bits per heavy atom. The molecule has 6 nitrogen and oxygen atoms in total. The van der Waals surface area contributed by atoms with Crippen LogP contribution in [0.5, 0.6) is 0 Å². The first kappa shape index (κ1) is 16.1. The van der Waals surface area contributed by atoms with Crippen molar-refractivity contribution < 1.29 is 5.11 Å². The smallest absolute Gasteiger partial charge is 0.253 e. The van der Waals surface area contributed by atoms with Gasteiger partial charge in [-0.1, -0.05) is 11.6 Å². The van der Waals surface area contributed by atoms with Gasteiger partial charge in [0.1, 0.15) is 11.8 Å². The Bertz CT molecular complexity index is 955. The maximum atomic E-state index is 12.2. The lowest BCUT2D eigenvalue weighted by Gasteiger charge is -2.30. The molecule has 0 fully saturated rings. The summed E-state index contributed by atoms with van der Waals surface area (Å²) in [6, 6.07) is 9.02. The Kier molecular flexibility index (Phi) is 4.30. The number of likely N-dealkylation sites (N-methyl/N-ethyl adjacent to an activating group) is 1. The van der Waals surface area contributed by atoms with Gasteiger partial charge in [-0.25, -0.2) is 0 Å². The van der Waals surface area contributed by atoms with Crippen molar-refractivity contribution in [3.8, 4) is 6.07 Å². The first-order chi connectivity index (χ1) is 11.5. The third-order valence-electron chi connectivity index (χ3n) is 3.93. The zero-order valence-electron chi connectivity index (χ0n) is 12.9. The summed E-state index contributed by atoms with van der Waals surface area (Å²) in [6.07, 6.45) is 2.29. The molecule has 0 amide bonds. The summed E-state index contributed by atoms with van der Waals surface area (Å²) in [5.74, 6) is 0. The van der Waals surface area contributed by atoms with E-state index in [0.29, 0.717) is 27.5 Å². The SMILES string of the molecule is CN1C(C#N)=CC=C(NCc2cc3cc(Cl)ccc3[nH]c2=O)C1O. The number of halogens is 1. The Balaban J connectivity index is 1.85. The molecule has 0 aliphatic carbocycles. The van der Waals surface area contributed by atoms with Gasteiger partial charge in [0, 0.05) is 35.1 Å². The Morgan fingerprint density at radius 3 is 2.96 bits per heavy atom. The van der Waals surface area contributed by atoms with Crippen LogP contribution in [0, 0.1) is 11.3 Å². The van der Waals surface area contributed by atoms with Crippen molar-refractivity contribution in [2.75, 3.05) is 7.05 Å². The van der Waals surface area contributed by atoms with Crippen molar-refractivity contribution in [3.63, 3.8) is 0 Å². The normalized spacial score (nSPS) is 17.2. The number of aliphatic hydroxyl groups is 1. The molecule has 0 radical (unpaired) electrons. The second-order valence-electron chi connectivity index (χ2n) is 5.48. The number of H-pyrrole nitrogens is 1. The highest BCUT2D eigenvalue weighted by molar-refractivity contribution is 6.31. The molecular formula is C17H15ClN4O2. The maximum absolute atomic E-state index is 12.2. The number of hydrogen-bond acceptors (Lipinski definition) is 5. The number of fused-ring (bicyclic) bond motifs is 1. The van der Waals surface area contributed by atoms with Gasteiger partial charge < -0.3 is 20.3 Å². The molecule has 0 saturated heterocycles. The topological polar surface area (TPSA) is 92.2 Å². The van der Waals surface area contributed by atoms with E-state index < -0.39 is 6.23 Å². The quantitative estimate of drug-likeness (QED) is 0.791. The molecule has 24 heavy (non-hydrogen) atoms. The third kappa shape index (κ3) is 3.00. The standard InChI is InChI=1S/C17H15ClN4O2/c1-22-13(8-19)3-5-15(17(22)24)20-9-11-6-10-7-12(18)2-4-14(10)21-16(11)23/h2-7,17,20,24H,9H2,1H3,(H,21,23). The third-order valence-corrected chi connectivity index (χ3v) is 4.16. The Labute approximate surface area is 143 Å². The van der Waals surface area contributed by atoms with E-state index in [9.17, 15) is 9.90 Å². The fraction of sp³-hybridized carbons (Fsp3) is 0.176. The number of aliphatic hydroxyl groups excluding tert-OH is 1. The molecule has 3 rings (SSSR count). The maximum Gasteiger partial charge on any atom is 0.253 e. The van der Waals surface area contributed by atoms with Crippen LogP contribution in [-0.2, 0) is 6.54 Å². The summed E-state index contributed by atoms with van der Waals surface area (Å²) < 4.78 is 0. The fourth-order valence-corrected chi connectivity index (χ4v) is 2.71. The monoisotopic (exact) mass is 342 g/mol. The van der Waals surface area contributed by atoms with Crippen LogP contribution in [0.4, 0.5) is 0 Å². The number of allylic oxidation sites excluding steroid dienone is 3. The van der Waals surface area contributed by atoms with Gasteiger partial charge >= 0.3 is 0 Å². The number of pyridine rings is 1. The lowest BCUT2D eigenvalue weighted by atomic mass is 10.1. The zero-order valence-corrected chi connectivity index (χ0v) is 13.6. The van der Waals surface area contributed by atoms with Crippen LogP contribution in [-0.4, -0.2) is 28.3 Å². The van der Waals surface area contributed by atoms with E-state index in [4.69, 9.17) is 16.9 Å². The molecule has 3 N–H and O–H groups in total. The fourth-order valence-electron chi connectivity index (χ4n) is 2.53. The van der Waals surface area contributed by atoms with E-state index in [1.165, 1.54) is 4.90 Å². The summed E-state index contributed by atoms with van der Waals surface area (Å²) in [6.45, 7) is 0.240. The van der Waals surface area contributed by atoms with Crippen molar-refractivity contribution in [1.82, 2.24) is 15.2 Å². The minimum atomic E-state index is -0.960. The van der Waals surface area contributed by atoms with Gasteiger partial charge in [0.25, 0.3) is 5.56 Å². The summed E-state index contributed by atoms with van der Waals surface area (Å²) >= 11 is 5.98. The van der Waals surface area contributed by atoms with Crippen LogP contribution in [0.2, 0.25) is 5.02 Å². The Hall–Kier alpha value is -2.75. The van der Waals surface area contributed by atoms with Crippen LogP contribution >= 0.6 is 11.6 Å². The summed E-state index contributed by atoms with van der Waals surface area (Å²) in [5, 5.41) is 23.6. The zero-order chi connectivity index (χ0) is 17.3. The molecule has 1 aromatic heterocycles. The van der Waals surface area contributed by atoms with Crippen LogP contribution in [0.3, 0.4) is 0 Å². The number of rotatable bonds is 3. The van der Waals surface area contributed by atoms with E-state index in [-0.39, 0.29) is 12.1 Å². The number of nitrogens with one attached hydrogen (secondary N) is 2. The van der Waals surface area contributed by atoms with E-state index in [2.05, 4.69) is 10.3 Å². The molecular weight excluding hydrogens is 328 g/mol. The second kappa shape index (κ2) is 6.40. The number of benzene rings is 1. The van der Waals surface area contributed by atoms with Crippen LogP contribution in [0.1, 0.15) is 5.56 Å². The molecule has 0 saturated carbocycles. The minimum absolute atomic E-state index is 0.204. The van der Waals surface area contributed by atoms with Crippen LogP contribution in [0.15, 0.2) is 52.6 Å². The summed E-state index contributed by atoms with van der Waals surface area (Å²) in [5.41, 5.74) is 1.92. The lowest BCUT2D eigenvalue weighted by molar-refractivity contribution is 0.0730. The van der Waals surface area contributed by atoms with Crippen molar-refractivity contribution in [1.29, 1.82) is 5.26 Å². The molecule has 0 bridgehead atoms. The molecule has 1 aliphatic rings. The predicted octanol–water partition coefficient (Wildman–Crippen LogP) is 1.83. The van der Waals surface area contributed by atoms with E-state index in [0.717, 1.165) is 5.39 Å². The number of aromatic amines is 1. The van der Waals surface area contributed by atoms with Crippen LogP contribution in [0.25, 0.3) is 10.9 Å². The van der Waals surface area contributed by atoms with E-state index in [1.807, 2.05) is 6.07 Å². The largest absolute Gasteiger partial charge is 0.380 e. The van der Waals surface area contributed by atoms with Gasteiger partial charge in [-0.2, -0.15) is 5.26 Å². The molecule has 1 aliphatic heterocycles. The summed E-state index contributed by atoms with van der Waals surface area (Å²) in [7, 11) is 1.62. The average molecular weight is 343 g/mol. The number of nitrogens with zero attached hydrogens (tertiary/aromatic N) is 2. The van der Waals surface area contributed by atoms with Gasteiger partial charge in [-0.15, -0.1) is 0 Å². The number of aromatic nitrogens is 1. The second-order valence-corrected chi connectivity index (χ2v) is 5.92. The molecule has 1 aromatic carbocycles. The first-order valence-corrected chi connectivity index (χ1v) is 7.65. The number of hydrogen-bond donors (Lipinski definition) is 3. The van der Waals surface area contributed by atoms with Crippen LogP contribution < -0.4 is 10.9 Å². The number of nitriles is 1. The van der Waals surface area contributed by atoms with E-state index in [1.54, 1.807) is 43.5 Å². The van der Waals surface area contributed by atoms with Crippen molar-refractivity contribution in [3.05, 3.63) is 68.8 Å². The van der Waals surface area contributed by atoms with Gasteiger partial charge in [0.2, 0.25) is 0 Å². The average Bonchev–Trinajstić information content (AvgIpc) is 2.57. The molecule has 2 heterocycles. The predicted molar refractivity (Wildman–Crippen MR) is 92.0 cm³/mol. The first-order valence-electron chi connectivity index (χ1n) is 7.28. The van der Waals surface area contributed by atoms with Crippen molar-refractivity contribution in [2.24, 2.45) is 0 Å².